The van der Waals surface area contributed by atoms with Crippen LogP contribution < -0.4 is 9.47 Å². The number of ether oxygens (including phenoxy) is 2. The van der Waals surface area contributed by atoms with Crippen LogP contribution in [0, 0.1) is 11.6 Å². The molecule has 0 saturated carbocycles. The Bertz CT molecular complexity index is 932. The highest BCUT2D eigenvalue weighted by Gasteiger charge is 2.07. The van der Waals surface area contributed by atoms with Gasteiger partial charge in [-0.1, -0.05) is 63.1 Å². The number of halogens is 2. The summed E-state index contributed by atoms with van der Waals surface area (Å²) >= 11 is 0. The first kappa shape index (κ1) is 25.7. The molecular weight excluding hydrogens is 430 g/mol. The second-order valence-corrected chi connectivity index (χ2v) is 8.73. The molecule has 2 nitrogen and oxygen atoms in total. The minimum absolute atomic E-state index is 0.213. The molecule has 3 rings (SSSR count). The second-order valence-electron chi connectivity index (χ2n) is 8.73. The molecule has 3 aromatic rings. The van der Waals surface area contributed by atoms with E-state index in [2.05, 4.69) is 38.1 Å². The van der Waals surface area contributed by atoms with E-state index in [9.17, 15) is 8.78 Å². The van der Waals surface area contributed by atoms with Crippen LogP contribution in [0.3, 0.4) is 0 Å². The zero-order valence-electron chi connectivity index (χ0n) is 20.4. The summed E-state index contributed by atoms with van der Waals surface area (Å²) in [7, 11) is 0. The fourth-order valence-corrected chi connectivity index (χ4v) is 3.74. The normalized spacial score (nSPS) is 10.9. The summed E-state index contributed by atoms with van der Waals surface area (Å²) in [6.07, 6.45) is 6.85. The Morgan fingerprint density at radius 1 is 0.559 bits per heavy atom. The quantitative estimate of drug-likeness (QED) is 0.225. The van der Waals surface area contributed by atoms with Crippen LogP contribution in [0.1, 0.15) is 61.8 Å². The summed E-state index contributed by atoms with van der Waals surface area (Å²) in [5, 5.41) is 0. The van der Waals surface area contributed by atoms with Gasteiger partial charge in [0.2, 0.25) is 0 Å². The van der Waals surface area contributed by atoms with Crippen LogP contribution in [0.4, 0.5) is 8.78 Å². The largest absolute Gasteiger partial charge is 0.493 e. The molecule has 34 heavy (non-hydrogen) atoms. The van der Waals surface area contributed by atoms with Crippen molar-refractivity contribution >= 4 is 0 Å². The van der Waals surface area contributed by atoms with E-state index in [0.717, 1.165) is 49.7 Å². The van der Waals surface area contributed by atoms with Gasteiger partial charge in [-0.2, -0.15) is 0 Å². The Morgan fingerprint density at radius 2 is 0.971 bits per heavy atom. The highest BCUT2D eigenvalue weighted by atomic mass is 19.1. The lowest BCUT2D eigenvalue weighted by Gasteiger charge is -2.09. The average molecular weight is 467 g/mol. The van der Waals surface area contributed by atoms with Gasteiger partial charge < -0.3 is 9.47 Å². The van der Waals surface area contributed by atoms with E-state index in [4.69, 9.17) is 9.47 Å². The van der Waals surface area contributed by atoms with Crippen molar-refractivity contribution in [2.24, 2.45) is 0 Å². The molecular formula is C30H36F2O2. The molecule has 0 atom stereocenters. The Labute approximate surface area is 202 Å². The van der Waals surface area contributed by atoms with Crippen molar-refractivity contribution in [3.8, 4) is 11.5 Å². The van der Waals surface area contributed by atoms with Gasteiger partial charge >= 0.3 is 0 Å². The van der Waals surface area contributed by atoms with Crippen molar-refractivity contribution in [3.05, 3.63) is 94.6 Å². The standard InChI is InChI=1S/C30H36F2O2/c1-3-5-19-33-27-17-15-25(29(31)21-27)13-11-23-7-9-24(10-8-23)12-14-26-16-18-28(22-30(26)32)34-20-6-4-2/h7-10,15-18,21-22H,3-6,11-14,19-20H2,1-2H3. The molecule has 0 aromatic heterocycles. The predicted octanol–water partition coefficient (Wildman–Crippen LogP) is 7.89. The van der Waals surface area contributed by atoms with Gasteiger partial charge in [0.1, 0.15) is 23.1 Å². The van der Waals surface area contributed by atoms with Crippen molar-refractivity contribution in [1.29, 1.82) is 0 Å². The minimum Gasteiger partial charge on any atom is -0.493 e. The highest BCUT2D eigenvalue weighted by molar-refractivity contribution is 5.32. The van der Waals surface area contributed by atoms with Gasteiger partial charge in [0.05, 0.1) is 13.2 Å². The number of benzene rings is 3. The smallest absolute Gasteiger partial charge is 0.130 e. The third kappa shape index (κ3) is 8.16. The summed E-state index contributed by atoms with van der Waals surface area (Å²) in [5.74, 6) is 0.757. The molecule has 4 heteroatoms. The summed E-state index contributed by atoms with van der Waals surface area (Å²) in [6, 6.07) is 18.6. The first-order chi connectivity index (χ1) is 16.6. The summed E-state index contributed by atoms with van der Waals surface area (Å²) < 4.78 is 40.0. The summed E-state index contributed by atoms with van der Waals surface area (Å²) in [5.41, 5.74) is 3.71. The van der Waals surface area contributed by atoms with E-state index in [0.29, 0.717) is 48.7 Å². The lowest BCUT2D eigenvalue weighted by atomic mass is 10.00. The van der Waals surface area contributed by atoms with Crippen molar-refractivity contribution in [2.75, 3.05) is 13.2 Å². The lowest BCUT2D eigenvalue weighted by Crippen LogP contribution is -2.00. The van der Waals surface area contributed by atoms with Crippen LogP contribution in [-0.2, 0) is 25.7 Å². The molecule has 0 amide bonds. The van der Waals surface area contributed by atoms with Gasteiger partial charge in [-0.25, -0.2) is 8.78 Å². The fraction of sp³-hybridized carbons (Fsp3) is 0.400. The van der Waals surface area contributed by atoms with E-state index in [-0.39, 0.29) is 11.6 Å². The van der Waals surface area contributed by atoms with Gasteiger partial charge in [0.15, 0.2) is 0 Å². The summed E-state index contributed by atoms with van der Waals surface area (Å²) in [6.45, 7) is 5.44. The van der Waals surface area contributed by atoms with Crippen molar-refractivity contribution in [1.82, 2.24) is 0 Å². The zero-order chi connectivity index (χ0) is 24.2. The maximum absolute atomic E-state index is 14.4. The molecule has 0 N–H and O–H groups in total. The number of aryl methyl sites for hydroxylation is 4. The second kappa shape index (κ2) is 13.7. The van der Waals surface area contributed by atoms with Crippen molar-refractivity contribution in [2.45, 2.75) is 65.2 Å². The number of hydrogen-bond acceptors (Lipinski definition) is 2. The predicted molar refractivity (Wildman–Crippen MR) is 135 cm³/mol. The number of hydrogen-bond donors (Lipinski definition) is 0. The molecule has 182 valence electrons. The van der Waals surface area contributed by atoms with Gasteiger partial charge in [-0.3, -0.25) is 0 Å². The Kier molecular flexibility index (Phi) is 10.4. The Balaban J connectivity index is 1.47. The molecule has 0 bridgehead atoms. The monoisotopic (exact) mass is 466 g/mol. The molecule has 0 radical (unpaired) electrons. The van der Waals surface area contributed by atoms with E-state index >= 15 is 0 Å². The van der Waals surface area contributed by atoms with E-state index in [1.807, 2.05) is 24.3 Å². The molecule has 0 fully saturated rings. The van der Waals surface area contributed by atoms with Crippen LogP contribution in [-0.4, -0.2) is 13.2 Å². The van der Waals surface area contributed by atoms with Crippen LogP contribution in [0.2, 0.25) is 0 Å². The van der Waals surface area contributed by atoms with Crippen molar-refractivity contribution in [3.63, 3.8) is 0 Å². The molecule has 0 heterocycles. The first-order valence-electron chi connectivity index (χ1n) is 12.5. The molecule has 0 saturated heterocycles. The van der Waals surface area contributed by atoms with E-state index < -0.39 is 0 Å². The van der Waals surface area contributed by atoms with Gasteiger partial charge in [-0.05, 0) is 72.9 Å². The first-order valence-corrected chi connectivity index (χ1v) is 12.5. The third-order valence-electron chi connectivity index (χ3n) is 5.97. The summed E-state index contributed by atoms with van der Waals surface area (Å²) in [4.78, 5) is 0. The van der Waals surface area contributed by atoms with Crippen LogP contribution in [0.5, 0.6) is 11.5 Å². The topological polar surface area (TPSA) is 18.5 Å². The number of rotatable bonds is 14. The molecule has 3 aromatic carbocycles. The maximum atomic E-state index is 14.4. The molecule has 0 unspecified atom stereocenters. The van der Waals surface area contributed by atoms with Crippen molar-refractivity contribution < 1.29 is 18.3 Å². The lowest BCUT2D eigenvalue weighted by molar-refractivity contribution is 0.307. The SMILES string of the molecule is CCCCOc1ccc(CCc2ccc(CCc3ccc(OCCCC)cc3F)cc2)c(F)c1. The van der Waals surface area contributed by atoms with E-state index in [1.54, 1.807) is 0 Å². The average Bonchev–Trinajstić information content (AvgIpc) is 2.84. The minimum atomic E-state index is -0.213. The van der Waals surface area contributed by atoms with Gasteiger partial charge in [-0.15, -0.1) is 0 Å². The fourth-order valence-electron chi connectivity index (χ4n) is 3.74. The van der Waals surface area contributed by atoms with Crippen LogP contribution in [0.15, 0.2) is 60.7 Å². The van der Waals surface area contributed by atoms with Gasteiger partial charge in [0, 0.05) is 12.1 Å². The van der Waals surface area contributed by atoms with Crippen LogP contribution >= 0.6 is 0 Å². The zero-order valence-corrected chi connectivity index (χ0v) is 20.4. The molecule has 0 aliphatic rings. The molecule has 0 aliphatic carbocycles. The highest BCUT2D eigenvalue weighted by Crippen LogP contribution is 2.21. The van der Waals surface area contributed by atoms with Gasteiger partial charge in [0.25, 0.3) is 0 Å². The Morgan fingerprint density at radius 3 is 1.32 bits per heavy atom. The van der Waals surface area contributed by atoms with E-state index in [1.165, 1.54) is 12.1 Å². The van der Waals surface area contributed by atoms with Crippen LogP contribution in [0.25, 0.3) is 0 Å². The number of unbranched alkanes of at least 4 members (excludes halogenated alkanes) is 2. The maximum Gasteiger partial charge on any atom is 0.130 e. The third-order valence-corrected chi connectivity index (χ3v) is 5.97. The Hall–Kier alpha value is -2.88. The molecule has 0 aliphatic heterocycles. The molecule has 0 spiro atoms.